The second kappa shape index (κ2) is 7.68. The van der Waals surface area contributed by atoms with E-state index < -0.39 is 11.7 Å². The van der Waals surface area contributed by atoms with Crippen LogP contribution in [0.5, 0.6) is 17.2 Å². The van der Waals surface area contributed by atoms with Crippen molar-refractivity contribution < 1.29 is 23.4 Å². The molecule has 6 heteroatoms. The smallest absolute Gasteiger partial charge is 0.255 e. The first-order valence-electron chi connectivity index (χ1n) is 7.46. The van der Waals surface area contributed by atoms with Crippen LogP contribution in [0.4, 0.5) is 10.1 Å². The molecule has 0 fully saturated rings. The molecule has 2 rings (SSSR count). The van der Waals surface area contributed by atoms with E-state index >= 15 is 0 Å². The third-order valence-electron chi connectivity index (χ3n) is 3.50. The number of ether oxygens (including phenoxy) is 3. The Morgan fingerprint density at radius 1 is 1.08 bits per heavy atom. The van der Waals surface area contributed by atoms with E-state index in [1.54, 1.807) is 25.1 Å². The Balaban J connectivity index is 2.25. The molecule has 2 aromatic carbocycles. The number of benzene rings is 2. The second-order valence-electron chi connectivity index (χ2n) is 5.04. The van der Waals surface area contributed by atoms with E-state index in [1.165, 1.54) is 26.4 Å². The first-order valence-corrected chi connectivity index (χ1v) is 7.46. The molecule has 0 unspecified atom stereocenters. The van der Waals surface area contributed by atoms with Gasteiger partial charge in [-0.2, -0.15) is 0 Å². The highest BCUT2D eigenvalue weighted by Gasteiger charge is 2.14. The van der Waals surface area contributed by atoms with E-state index in [0.29, 0.717) is 29.4 Å². The van der Waals surface area contributed by atoms with Crippen LogP contribution in [0.2, 0.25) is 0 Å². The maximum atomic E-state index is 13.9. The Hall–Kier alpha value is -2.76. The summed E-state index contributed by atoms with van der Waals surface area (Å²) in [5.74, 6) is 0.299. The van der Waals surface area contributed by atoms with Gasteiger partial charge in [0.2, 0.25) is 0 Å². The third-order valence-corrected chi connectivity index (χ3v) is 3.50. The van der Waals surface area contributed by atoms with Crippen LogP contribution in [-0.4, -0.2) is 26.7 Å². The van der Waals surface area contributed by atoms with E-state index in [9.17, 15) is 9.18 Å². The first-order chi connectivity index (χ1) is 11.5. The average Bonchev–Trinajstić information content (AvgIpc) is 2.57. The number of hydrogen-bond acceptors (Lipinski definition) is 4. The third kappa shape index (κ3) is 3.76. The van der Waals surface area contributed by atoms with Gasteiger partial charge in [-0.15, -0.1) is 0 Å². The molecule has 0 aliphatic heterocycles. The van der Waals surface area contributed by atoms with Crippen molar-refractivity contribution in [1.29, 1.82) is 0 Å². The Bertz CT molecular complexity index is 721. The molecule has 2 aromatic rings. The molecule has 0 spiro atoms. The minimum absolute atomic E-state index is 0.147. The summed E-state index contributed by atoms with van der Waals surface area (Å²) in [5, 5.41) is 2.64. The summed E-state index contributed by atoms with van der Waals surface area (Å²) >= 11 is 0. The van der Waals surface area contributed by atoms with Crippen LogP contribution in [0.1, 0.15) is 22.8 Å². The number of methoxy groups -OCH3 is 2. The zero-order valence-electron chi connectivity index (χ0n) is 14.1. The Kier molecular flexibility index (Phi) is 5.63. The summed E-state index contributed by atoms with van der Waals surface area (Å²) in [7, 11) is 3.04. The van der Waals surface area contributed by atoms with Crippen molar-refractivity contribution in [2.75, 3.05) is 26.1 Å². The standard InChI is InChI=1S/C18H20FNO4/c1-5-24-15-7-6-13(10-14(15)19)20-18(21)12-8-16(22-3)11(2)17(9-12)23-4/h6-10H,5H2,1-4H3,(H,20,21). The predicted octanol–water partition coefficient (Wildman–Crippen LogP) is 3.80. The van der Waals surface area contributed by atoms with Gasteiger partial charge in [0.05, 0.1) is 20.8 Å². The molecule has 24 heavy (non-hydrogen) atoms. The van der Waals surface area contributed by atoms with E-state index in [-0.39, 0.29) is 5.75 Å². The summed E-state index contributed by atoms with van der Waals surface area (Å²) in [4.78, 5) is 12.4. The Morgan fingerprint density at radius 3 is 2.21 bits per heavy atom. The first kappa shape index (κ1) is 17.6. The van der Waals surface area contributed by atoms with Crippen LogP contribution >= 0.6 is 0 Å². The van der Waals surface area contributed by atoms with Crippen LogP contribution in [-0.2, 0) is 0 Å². The number of carbonyl (C=O) groups excluding carboxylic acids is 1. The minimum Gasteiger partial charge on any atom is -0.496 e. The zero-order valence-corrected chi connectivity index (χ0v) is 14.1. The lowest BCUT2D eigenvalue weighted by atomic mass is 10.1. The SMILES string of the molecule is CCOc1ccc(NC(=O)c2cc(OC)c(C)c(OC)c2)cc1F. The van der Waals surface area contributed by atoms with E-state index in [2.05, 4.69) is 5.32 Å². The van der Waals surface area contributed by atoms with Crippen molar-refractivity contribution in [2.45, 2.75) is 13.8 Å². The van der Waals surface area contributed by atoms with E-state index in [4.69, 9.17) is 14.2 Å². The van der Waals surface area contributed by atoms with Gasteiger partial charge in [-0.3, -0.25) is 4.79 Å². The summed E-state index contributed by atoms with van der Waals surface area (Å²) in [6.45, 7) is 3.97. The van der Waals surface area contributed by atoms with Crippen LogP contribution in [0.3, 0.4) is 0 Å². The molecule has 1 amide bonds. The van der Waals surface area contributed by atoms with Gasteiger partial charge in [0.15, 0.2) is 11.6 Å². The monoisotopic (exact) mass is 333 g/mol. The fourth-order valence-electron chi connectivity index (χ4n) is 2.27. The number of halogens is 1. The lowest BCUT2D eigenvalue weighted by molar-refractivity contribution is 0.102. The molecule has 0 bridgehead atoms. The molecule has 0 atom stereocenters. The van der Waals surface area contributed by atoms with Gasteiger partial charge in [0, 0.05) is 22.9 Å². The van der Waals surface area contributed by atoms with Crippen LogP contribution in [0, 0.1) is 12.7 Å². The fraction of sp³-hybridized carbons (Fsp3) is 0.278. The minimum atomic E-state index is -0.534. The molecule has 0 aliphatic carbocycles. The van der Waals surface area contributed by atoms with Crippen LogP contribution in [0.25, 0.3) is 0 Å². The Labute approximate surface area is 140 Å². The maximum absolute atomic E-state index is 13.9. The summed E-state index contributed by atoms with van der Waals surface area (Å²) in [6.07, 6.45) is 0. The van der Waals surface area contributed by atoms with Crippen molar-refractivity contribution >= 4 is 11.6 Å². The summed E-state index contributed by atoms with van der Waals surface area (Å²) in [5.41, 5.74) is 1.48. The highest BCUT2D eigenvalue weighted by atomic mass is 19.1. The quantitative estimate of drug-likeness (QED) is 0.873. The highest BCUT2D eigenvalue weighted by Crippen LogP contribution is 2.30. The Morgan fingerprint density at radius 2 is 1.71 bits per heavy atom. The van der Waals surface area contributed by atoms with Gasteiger partial charge in [-0.05, 0) is 38.1 Å². The van der Waals surface area contributed by atoms with Gasteiger partial charge < -0.3 is 19.5 Å². The van der Waals surface area contributed by atoms with Crippen molar-refractivity contribution in [1.82, 2.24) is 0 Å². The van der Waals surface area contributed by atoms with E-state index in [0.717, 1.165) is 5.56 Å². The molecule has 0 aromatic heterocycles. The molecule has 0 heterocycles. The van der Waals surface area contributed by atoms with Crippen LogP contribution in [0.15, 0.2) is 30.3 Å². The number of rotatable bonds is 6. The van der Waals surface area contributed by atoms with Crippen molar-refractivity contribution in [3.05, 3.63) is 47.3 Å². The molecule has 0 saturated heterocycles. The molecule has 0 saturated carbocycles. The van der Waals surface area contributed by atoms with Gasteiger partial charge in [-0.1, -0.05) is 0 Å². The maximum Gasteiger partial charge on any atom is 0.255 e. The van der Waals surface area contributed by atoms with E-state index in [1.807, 2.05) is 6.92 Å². The number of carbonyl (C=O) groups is 1. The highest BCUT2D eigenvalue weighted by molar-refractivity contribution is 6.05. The molecule has 128 valence electrons. The summed E-state index contributed by atoms with van der Waals surface area (Å²) in [6, 6.07) is 7.49. The van der Waals surface area contributed by atoms with Crippen molar-refractivity contribution in [3.8, 4) is 17.2 Å². The van der Waals surface area contributed by atoms with Crippen LogP contribution < -0.4 is 19.5 Å². The largest absolute Gasteiger partial charge is 0.496 e. The van der Waals surface area contributed by atoms with Gasteiger partial charge >= 0.3 is 0 Å². The van der Waals surface area contributed by atoms with Gasteiger partial charge in [0.1, 0.15) is 11.5 Å². The lowest BCUT2D eigenvalue weighted by Gasteiger charge is -2.13. The topological polar surface area (TPSA) is 56.8 Å². The van der Waals surface area contributed by atoms with Crippen molar-refractivity contribution in [3.63, 3.8) is 0 Å². The number of anilines is 1. The number of hydrogen-bond donors (Lipinski definition) is 1. The molecular formula is C18H20FNO4. The molecule has 0 radical (unpaired) electrons. The zero-order chi connectivity index (χ0) is 17.7. The number of nitrogens with one attached hydrogen (secondary N) is 1. The molecule has 5 nitrogen and oxygen atoms in total. The molecule has 1 N–H and O–H groups in total. The molecule has 0 aliphatic rings. The normalized spacial score (nSPS) is 10.2. The fourth-order valence-corrected chi connectivity index (χ4v) is 2.27. The predicted molar refractivity (Wildman–Crippen MR) is 89.8 cm³/mol. The molecular weight excluding hydrogens is 313 g/mol. The summed E-state index contributed by atoms with van der Waals surface area (Å²) < 4.78 is 29.5. The lowest BCUT2D eigenvalue weighted by Crippen LogP contribution is -2.13. The average molecular weight is 333 g/mol. The second-order valence-corrected chi connectivity index (χ2v) is 5.04. The van der Waals surface area contributed by atoms with Crippen molar-refractivity contribution in [2.24, 2.45) is 0 Å². The van der Waals surface area contributed by atoms with Gasteiger partial charge in [-0.25, -0.2) is 4.39 Å². The number of amides is 1. The van der Waals surface area contributed by atoms with Gasteiger partial charge in [0.25, 0.3) is 5.91 Å².